The van der Waals surface area contributed by atoms with E-state index in [0.29, 0.717) is 0 Å². The molecule has 1 N–H and O–H groups in total. The molecule has 0 fully saturated rings. The molecule has 1 aliphatic rings. The van der Waals surface area contributed by atoms with Crippen LogP contribution in [0.3, 0.4) is 0 Å². The van der Waals surface area contributed by atoms with Gasteiger partial charge in [0.2, 0.25) is 5.91 Å². The number of benzene rings is 2. The summed E-state index contributed by atoms with van der Waals surface area (Å²) in [5.74, 6) is 0.173. The van der Waals surface area contributed by atoms with Crippen LogP contribution in [0.25, 0.3) is 0 Å². The summed E-state index contributed by atoms with van der Waals surface area (Å²) in [4.78, 5) is 25.0. The van der Waals surface area contributed by atoms with Gasteiger partial charge in [-0.15, -0.1) is 11.8 Å². The maximum Gasteiger partial charge on any atom is 0.307 e. The largest absolute Gasteiger partial charge is 0.490 e. The van der Waals surface area contributed by atoms with Gasteiger partial charge >= 0.3 is 5.97 Å². The Hall–Kier alpha value is -2.47. The summed E-state index contributed by atoms with van der Waals surface area (Å²) < 4.78 is 10.7. The molecule has 6 heteroatoms. The van der Waals surface area contributed by atoms with Crippen molar-refractivity contribution in [2.45, 2.75) is 23.5 Å². The van der Waals surface area contributed by atoms with E-state index < -0.39 is 11.2 Å². The molecule has 0 saturated heterocycles. The van der Waals surface area contributed by atoms with E-state index in [0.717, 1.165) is 21.9 Å². The van der Waals surface area contributed by atoms with E-state index in [4.69, 9.17) is 9.47 Å². The fourth-order valence-electron chi connectivity index (χ4n) is 2.46. The zero-order valence-electron chi connectivity index (χ0n) is 13.9. The Balaban J connectivity index is 1.43. The summed E-state index contributed by atoms with van der Waals surface area (Å²) in [6.45, 7) is 2.42. The number of rotatable bonds is 6. The minimum absolute atomic E-state index is 0.0370. The smallest absolute Gasteiger partial charge is 0.307 e. The van der Waals surface area contributed by atoms with Gasteiger partial charge in [0.15, 0.2) is 0 Å². The highest BCUT2D eigenvalue weighted by molar-refractivity contribution is 8.01. The molecular weight excluding hydrogens is 338 g/mol. The number of esters is 1. The molecule has 1 heterocycles. The molecule has 0 aromatic heterocycles. The number of thioether (sulfide) groups is 1. The molecule has 5 nitrogen and oxygen atoms in total. The first kappa shape index (κ1) is 17.4. The van der Waals surface area contributed by atoms with Gasteiger partial charge in [-0.25, -0.2) is 0 Å². The van der Waals surface area contributed by atoms with E-state index in [9.17, 15) is 9.59 Å². The van der Waals surface area contributed by atoms with Crippen LogP contribution in [0.5, 0.6) is 5.75 Å². The molecule has 2 aromatic rings. The van der Waals surface area contributed by atoms with Crippen LogP contribution in [0.4, 0.5) is 5.69 Å². The number of anilines is 1. The van der Waals surface area contributed by atoms with Crippen LogP contribution >= 0.6 is 11.8 Å². The first-order chi connectivity index (χ1) is 12.1. The van der Waals surface area contributed by atoms with Crippen LogP contribution in [0, 0.1) is 6.92 Å². The average molecular weight is 357 g/mol. The second-order valence-electron chi connectivity index (χ2n) is 5.68. The molecule has 3 rings (SSSR count). The predicted molar refractivity (Wildman–Crippen MR) is 97.0 cm³/mol. The number of hydrogen-bond donors (Lipinski definition) is 1. The summed E-state index contributed by atoms with van der Waals surface area (Å²) >= 11 is 1.39. The molecule has 2 aromatic carbocycles. The minimum Gasteiger partial charge on any atom is -0.490 e. The van der Waals surface area contributed by atoms with Gasteiger partial charge in [0, 0.05) is 4.90 Å². The standard InChI is InChI=1S/C19H19NO4S/c1-13-5-4-6-14(11-13)23-9-10-24-18(21)12-17-19(22)20-15-7-2-3-8-16(15)25-17/h2-8,11,17H,9-10,12H2,1H3,(H,20,22). The molecule has 0 radical (unpaired) electrons. The zero-order chi connectivity index (χ0) is 17.6. The minimum atomic E-state index is -0.472. The van der Waals surface area contributed by atoms with Crippen molar-refractivity contribution in [1.29, 1.82) is 0 Å². The summed E-state index contributed by atoms with van der Waals surface area (Å²) in [5, 5.41) is 2.34. The lowest BCUT2D eigenvalue weighted by Gasteiger charge is -2.23. The van der Waals surface area contributed by atoms with Crippen LogP contribution in [0.2, 0.25) is 0 Å². The lowest BCUT2D eigenvalue weighted by molar-refractivity contribution is -0.145. The van der Waals surface area contributed by atoms with Crippen molar-refractivity contribution in [2.24, 2.45) is 0 Å². The Morgan fingerprint density at radius 2 is 2.00 bits per heavy atom. The van der Waals surface area contributed by atoms with Crippen LogP contribution in [0.1, 0.15) is 12.0 Å². The predicted octanol–water partition coefficient (Wildman–Crippen LogP) is 3.42. The third-order valence-electron chi connectivity index (χ3n) is 3.66. The molecule has 1 unspecified atom stereocenters. The third kappa shape index (κ3) is 4.76. The maximum absolute atomic E-state index is 12.1. The highest BCUT2D eigenvalue weighted by Gasteiger charge is 2.29. The van der Waals surface area contributed by atoms with Crippen LogP contribution in [0.15, 0.2) is 53.4 Å². The Morgan fingerprint density at radius 3 is 2.84 bits per heavy atom. The van der Waals surface area contributed by atoms with Crippen molar-refractivity contribution in [3.63, 3.8) is 0 Å². The normalized spacial score (nSPS) is 15.9. The van der Waals surface area contributed by atoms with Gasteiger partial charge in [-0.05, 0) is 36.8 Å². The number of ether oxygens (including phenoxy) is 2. The van der Waals surface area contributed by atoms with Crippen molar-refractivity contribution in [2.75, 3.05) is 18.5 Å². The number of carbonyl (C=O) groups is 2. The van der Waals surface area contributed by atoms with Crippen LogP contribution in [-0.2, 0) is 14.3 Å². The molecular formula is C19H19NO4S. The van der Waals surface area contributed by atoms with Crippen molar-refractivity contribution >= 4 is 29.3 Å². The van der Waals surface area contributed by atoms with Crippen molar-refractivity contribution < 1.29 is 19.1 Å². The molecule has 0 aliphatic carbocycles. The van der Waals surface area contributed by atoms with Gasteiger partial charge in [0.25, 0.3) is 0 Å². The lowest BCUT2D eigenvalue weighted by atomic mass is 10.2. The number of aryl methyl sites for hydroxylation is 1. The Labute approximate surface area is 150 Å². The Bertz CT molecular complexity index is 778. The maximum atomic E-state index is 12.1. The highest BCUT2D eigenvalue weighted by atomic mass is 32.2. The second kappa shape index (κ2) is 8.07. The number of para-hydroxylation sites is 1. The number of amides is 1. The molecule has 0 bridgehead atoms. The van der Waals surface area contributed by atoms with Crippen molar-refractivity contribution in [1.82, 2.24) is 0 Å². The van der Waals surface area contributed by atoms with E-state index >= 15 is 0 Å². The van der Waals surface area contributed by atoms with Crippen molar-refractivity contribution in [3.05, 3.63) is 54.1 Å². The Morgan fingerprint density at radius 1 is 1.16 bits per heavy atom. The first-order valence-electron chi connectivity index (χ1n) is 8.03. The molecule has 1 amide bonds. The fourth-order valence-corrected chi connectivity index (χ4v) is 3.55. The van der Waals surface area contributed by atoms with Gasteiger partial charge in [-0.3, -0.25) is 9.59 Å². The summed E-state index contributed by atoms with van der Waals surface area (Å²) in [6, 6.07) is 15.2. The third-order valence-corrected chi connectivity index (χ3v) is 4.94. The van der Waals surface area contributed by atoms with Gasteiger partial charge in [0.1, 0.15) is 19.0 Å². The van der Waals surface area contributed by atoms with Gasteiger partial charge < -0.3 is 14.8 Å². The quantitative estimate of drug-likeness (QED) is 0.634. The molecule has 1 aliphatic heterocycles. The Kier molecular flexibility index (Phi) is 5.60. The topological polar surface area (TPSA) is 64.6 Å². The van der Waals surface area contributed by atoms with E-state index in [1.165, 1.54) is 11.8 Å². The van der Waals surface area contributed by atoms with Gasteiger partial charge in [-0.2, -0.15) is 0 Å². The molecule has 25 heavy (non-hydrogen) atoms. The molecule has 130 valence electrons. The molecule has 1 atom stereocenters. The SMILES string of the molecule is Cc1cccc(OCCOC(=O)CC2Sc3ccccc3NC2=O)c1. The van der Waals surface area contributed by atoms with Gasteiger partial charge in [0.05, 0.1) is 17.4 Å². The highest BCUT2D eigenvalue weighted by Crippen LogP contribution is 2.36. The number of hydrogen-bond acceptors (Lipinski definition) is 5. The fraction of sp³-hybridized carbons (Fsp3) is 0.263. The van der Waals surface area contributed by atoms with Gasteiger partial charge in [-0.1, -0.05) is 24.3 Å². The van der Waals surface area contributed by atoms with Crippen LogP contribution < -0.4 is 10.1 Å². The van der Waals surface area contributed by atoms with E-state index in [2.05, 4.69) is 5.32 Å². The van der Waals surface area contributed by atoms with E-state index in [-0.39, 0.29) is 25.5 Å². The summed E-state index contributed by atoms with van der Waals surface area (Å²) in [5.41, 5.74) is 1.89. The lowest BCUT2D eigenvalue weighted by Crippen LogP contribution is -2.31. The zero-order valence-corrected chi connectivity index (χ0v) is 14.7. The number of carbonyl (C=O) groups excluding carboxylic acids is 2. The van der Waals surface area contributed by atoms with Crippen LogP contribution in [-0.4, -0.2) is 30.3 Å². The van der Waals surface area contributed by atoms with E-state index in [1.807, 2.05) is 55.5 Å². The summed E-state index contributed by atoms with van der Waals surface area (Å²) in [7, 11) is 0. The van der Waals surface area contributed by atoms with E-state index in [1.54, 1.807) is 0 Å². The monoisotopic (exact) mass is 357 g/mol. The molecule has 0 saturated carbocycles. The second-order valence-corrected chi connectivity index (χ2v) is 6.93. The van der Waals surface area contributed by atoms with Crippen molar-refractivity contribution in [3.8, 4) is 5.75 Å². The summed E-state index contributed by atoms with van der Waals surface area (Å²) in [6.07, 6.45) is 0.0370. The first-order valence-corrected chi connectivity index (χ1v) is 8.91. The number of nitrogens with one attached hydrogen (secondary N) is 1. The number of fused-ring (bicyclic) bond motifs is 1. The average Bonchev–Trinajstić information content (AvgIpc) is 2.59. The molecule has 0 spiro atoms.